The first-order valence-corrected chi connectivity index (χ1v) is 11.0. The summed E-state index contributed by atoms with van der Waals surface area (Å²) in [6.07, 6.45) is 4.73. The van der Waals surface area contributed by atoms with E-state index >= 15 is 0 Å². The molecule has 0 fully saturated rings. The van der Waals surface area contributed by atoms with Crippen molar-refractivity contribution in [1.82, 2.24) is 14.5 Å². The number of carboxylic acid groups (broad SMARTS) is 1. The highest BCUT2D eigenvalue weighted by atomic mass is 16.4. The number of carbonyl (C=O) groups is 3. The molecule has 4 aromatic rings. The Kier molecular flexibility index (Phi) is 6.34. The summed E-state index contributed by atoms with van der Waals surface area (Å²) in [5, 5.41) is 11.8. The van der Waals surface area contributed by atoms with Crippen molar-refractivity contribution in [2.45, 2.75) is 19.9 Å². The zero-order valence-electron chi connectivity index (χ0n) is 19.0. The van der Waals surface area contributed by atoms with Gasteiger partial charge in [0.2, 0.25) is 0 Å². The number of hydrogen-bond donors (Lipinski definition) is 3. The van der Waals surface area contributed by atoms with E-state index in [2.05, 4.69) is 9.88 Å². The fourth-order valence-corrected chi connectivity index (χ4v) is 4.40. The molecule has 1 aliphatic rings. The van der Waals surface area contributed by atoms with E-state index in [0.29, 0.717) is 17.7 Å². The van der Waals surface area contributed by atoms with Gasteiger partial charge < -0.3 is 20.0 Å². The fraction of sp³-hybridized carbons (Fsp3) is 0.192. The van der Waals surface area contributed by atoms with Gasteiger partial charge in [-0.3, -0.25) is 19.7 Å². The maximum Gasteiger partial charge on any atom is 0.300 e. The van der Waals surface area contributed by atoms with Crippen LogP contribution >= 0.6 is 0 Å². The van der Waals surface area contributed by atoms with E-state index in [1.807, 2.05) is 72.5 Å². The molecule has 2 aromatic heterocycles. The Morgan fingerprint density at radius 3 is 2.00 bits per heavy atom. The number of nitrogens with one attached hydrogen (secondary N) is 1. The minimum Gasteiger partial charge on any atom is -0.481 e. The van der Waals surface area contributed by atoms with Gasteiger partial charge in [-0.25, -0.2) is 0 Å². The third kappa shape index (κ3) is 4.11. The number of aryl methyl sites for hydroxylation is 2. The van der Waals surface area contributed by atoms with Gasteiger partial charge in [0.15, 0.2) is 0 Å². The summed E-state index contributed by atoms with van der Waals surface area (Å²) in [5.74, 6) is -1.55. The average Bonchev–Trinajstić information content (AvgIpc) is 3.43. The molecule has 0 saturated heterocycles. The number of aromatic nitrogens is 2. The zero-order valence-corrected chi connectivity index (χ0v) is 19.0. The van der Waals surface area contributed by atoms with E-state index in [-0.39, 0.29) is 11.8 Å². The van der Waals surface area contributed by atoms with Crippen molar-refractivity contribution in [1.29, 1.82) is 0 Å². The van der Waals surface area contributed by atoms with Gasteiger partial charge in [0.25, 0.3) is 17.8 Å². The molecule has 5 rings (SSSR count). The Labute approximate surface area is 196 Å². The molecule has 0 atom stereocenters. The molecule has 2 amide bonds. The fourth-order valence-electron chi connectivity index (χ4n) is 4.40. The van der Waals surface area contributed by atoms with Gasteiger partial charge in [-0.05, 0) is 25.1 Å². The van der Waals surface area contributed by atoms with Crippen LogP contribution in [0.4, 0.5) is 0 Å². The molecule has 3 heterocycles. The largest absolute Gasteiger partial charge is 0.481 e. The summed E-state index contributed by atoms with van der Waals surface area (Å²) >= 11 is 0. The van der Waals surface area contributed by atoms with Gasteiger partial charge in [-0.2, -0.15) is 0 Å². The minimum atomic E-state index is -0.833. The molecule has 0 bridgehead atoms. The average molecular weight is 459 g/mol. The third-order valence-electron chi connectivity index (χ3n) is 5.76. The van der Waals surface area contributed by atoms with E-state index in [0.717, 1.165) is 52.8 Å². The zero-order chi connectivity index (χ0) is 24.4. The van der Waals surface area contributed by atoms with Crippen LogP contribution in [0.3, 0.4) is 0 Å². The second kappa shape index (κ2) is 9.36. The molecule has 8 nitrogen and oxygen atoms in total. The first kappa shape index (κ1) is 23.0. The molecule has 4 N–H and O–H groups in total. The molecule has 0 aliphatic carbocycles. The van der Waals surface area contributed by atoms with Gasteiger partial charge in [0, 0.05) is 65.8 Å². The Morgan fingerprint density at radius 2 is 1.41 bits per heavy atom. The second-order valence-electron chi connectivity index (χ2n) is 8.12. The monoisotopic (exact) mass is 458 g/mol. The normalized spacial score (nSPS) is 13.4. The quantitative estimate of drug-likeness (QED) is 0.397. The van der Waals surface area contributed by atoms with Crippen LogP contribution in [0.5, 0.6) is 0 Å². The lowest BCUT2D eigenvalue weighted by Gasteiger charge is -2.03. The van der Waals surface area contributed by atoms with Gasteiger partial charge in [-0.1, -0.05) is 36.4 Å². The number of para-hydroxylation sites is 2. The van der Waals surface area contributed by atoms with E-state index in [9.17, 15) is 9.59 Å². The third-order valence-corrected chi connectivity index (χ3v) is 5.76. The summed E-state index contributed by atoms with van der Waals surface area (Å²) < 4.78 is 4.09. The SMILES string of the molecule is CC(=O)O.Cn1cc(C2=C(c3cn(CCCN)c4ccccc34)C(=O)NC2=O)c2ccccc21. The molecule has 1 aliphatic heterocycles. The van der Waals surface area contributed by atoms with Crippen molar-refractivity contribution in [3.8, 4) is 0 Å². The molecule has 0 saturated carbocycles. The van der Waals surface area contributed by atoms with Crippen LogP contribution in [0.25, 0.3) is 33.0 Å². The topological polar surface area (TPSA) is 119 Å². The molecule has 2 aromatic carbocycles. The van der Waals surface area contributed by atoms with Gasteiger partial charge in [-0.15, -0.1) is 0 Å². The first-order valence-electron chi connectivity index (χ1n) is 11.0. The van der Waals surface area contributed by atoms with Gasteiger partial charge >= 0.3 is 0 Å². The van der Waals surface area contributed by atoms with Crippen LogP contribution < -0.4 is 11.1 Å². The van der Waals surface area contributed by atoms with E-state index in [1.165, 1.54) is 0 Å². The summed E-state index contributed by atoms with van der Waals surface area (Å²) in [5.41, 5.74) is 10.1. The molecular formula is C26H26N4O4. The molecule has 8 heteroatoms. The predicted molar refractivity (Wildman–Crippen MR) is 132 cm³/mol. The summed E-state index contributed by atoms with van der Waals surface area (Å²) in [4.78, 5) is 34.9. The van der Waals surface area contributed by atoms with Crippen molar-refractivity contribution in [3.05, 3.63) is 72.1 Å². The Hall–Kier alpha value is -4.17. The van der Waals surface area contributed by atoms with E-state index in [1.54, 1.807) is 0 Å². The van der Waals surface area contributed by atoms with Gasteiger partial charge in [0.1, 0.15) is 0 Å². The maximum absolute atomic E-state index is 13.0. The summed E-state index contributed by atoms with van der Waals surface area (Å²) in [6.45, 7) is 2.42. The first-order chi connectivity index (χ1) is 16.3. The summed E-state index contributed by atoms with van der Waals surface area (Å²) in [6, 6.07) is 15.8. The highest BCUT2D eigenvalue weighted by Gasteiger charge is 2.35. The number of aliphatic carboxylic acids is 1. The highest BCUT2D eigenvalue weighted by molar-refractivity contribution is 6.50. The number of amides is 2. The van der Waals surface area contributed by atoms with Crippen molar-refractivity contribution >= 4 is 50.7 Å². The van der Waals surface area contributed by atoms with Crippen molar-refractivity contribution in [2.24, 2.45) is 12.8 Å². The number of imide groups is 1. The standard InChI is InChI=1S/C24H22N4O2.C2H4O2/c1-27-13-17(15-7-2-4-9-19(15)27)21-22(24(30)26-23(21)29)18-14-28(12-6-11-25)20-10-5-3-8-16(18)20;1-2(3)4/h2-5,7-10,13-14H,6,11-12,25H2,1H3,(H,26,29,30);1H3,(H,3,4). The Morgan fingerprint density at radius 1 is 0.912 bits per heavy atom. The summed E-state index contributed by atoms with van der Waals surface area (Å²) in [7, 11) is 1.94. The van der Waals surface area contributed by atoms with Crippen LogP contribution in [-0.2, 0) is 28.0 Å². The van der Waals surface area contributed by atoms with Crippen LogP contribution in [0.15, 0.2) is 60.9 Å². The lowest BCUT2D eigenvalue weighted by Crippen LogP contribution is -2.22. The number of nitrogens with zero attached hydrogens (tertiary/aromatic N) is 2. The second-order valence-corrected chi connectivity index (χ2v) is 8.12. The Balaban J connectivity index is 0.000000636. The number of benzene rings is 2. The number of nitrogens with two attached hydrogens (primary N) is 1. The maximum atomic E-state index is 13.0. The van der Waals surface area contributed by atoms with Crippen LogP contribution in [-0.4, -0.2) is 38.6 Å². The van der Waals surface area contributed by atoms with Crippen LogP contribution in [0.1, 0.15) is 24.5 Å². The van der Waals surface area contributed by atoms with Gasteiger partial charge in [0.05, 0.1) is 11.1 Å². The van der Waals surface area contributed by atoms with E-state index < -0.39 is 5.97 Å². The lowest BCUT2D eigenvalue weighted by atomic mass is 9.95. The molecule has 0 spiro atoms. The number of fused-ring (bicyclic) bond motifs is 2. The van der Waals surface area contributed by atoms with Crippen molar-refractivity contribution in [2.75, 3.05) is 6.54 Å². The van der Waals surface area contributed by atoms with E-state index in [4.69, 9.17) is 15.6 Å². The number of hydrogen-bond acceptors (Lipinski definition) is 4. The molecular weight excluding hydrogens is 432 g/mol. The number of rotatable bonds is 5. The lowest BCUT2D eigenvalue weighted by molar-refractivity contribution is -0.134. The molecule has 34 heavy (non-hydrogen) atoms. The number of carboxylic acids is 1. The minimum absolute atomic E-state index is 0.356. The molecule has 0 radical (unpaired) electrons. The number of carbonyl (C=O) groups excluding carboxylic acids is 2. The highest BCUT2D eigenvalue weighted by Crippen LogP contribution is 2.38. The Bertz CT molecular complexity index is 1450. The smallest absolute Gasteiger partial charge is 0.300 e. The molecule has 0 unspecified atom stereocenters. The predicted octanol–water partition coefficient (Wildman–Crippen LogP) is 3.14. The van der Waals surface area contributed by atoms with Crippen molar-refractivity contribution in [3.63, 3.8) is 0 Å². The molecule has 174 valence electrons. The van der Waals surface area contributed by atoms with Crippen LogP contribution in [0, 0.1) is 0 Å². The van der Waals surface area contributed by atoms with Crippen molar-refractivity contribution < 1.29 is 19.5 Å². The van der Waals surface area contributed by atoms with Crippen LogP contribution in [0.2, 0.25) is 0 Å².